The number of aliphatic hydroxyl groups is 1. The van der Waals surface area contributed by atoms with Gasteiger partial charge in [-0.15, -0.1) is 0 Å². The summed E-state index contributed by atoms with van der Waals surface area (Å²) in [5.41, 5.74) is 1.08. The molecule has 0 bridgehead atoms. The van der Waals surface area contributed by atoms with Crippen molar-refractivity contribution < 1.29 is 14.6 Å². The lowest BCUT2D eigenvalue weighted by atomic mass is 10.1. The van der Waals surface area contributed by atoms with Gasteiger partial charge >= 0.3 is 0 Å². The monoisotopic (exact) mass is 249 g/mol. The van der Waals surface area contributed by atoms with Gasteiger partial charge < -0.3 is 14.7 Å². The van der Waals surface area contributed by atoms with Crippen molar-refractivity contribution in [3.8, 4) is 0 Å². The Labute approximate surface area is 107 Å². The molecule has 0 spiro atoms. The van der Waals surface area contributed by atoms with Crippen LogP contribution in [0.2, 0.25) is 0 Å². The molecule has 1 N–H and O–H groups in total. The maximum atomic E-state index is 12.3. The Balaban J connectivity index is 2.00. The molecule has 2 rings (SSSR count). The molecular formula is C14H19NO3. The normalized spacial score (nSPS) is 18.8. The number of carbonyl (C=O) groups excluding carboxylic acids is 1. The van der Waals surface area contributed by atoms with E-state index in [-0.39, 0.29) is 18.4 Å². The third-order valence-corrected chi connectivity index (χ3v) is 3.18. The second-order valence-corrected chi connectivity index (χ2v) is 4.53. The molecule has 98 valence electrons. The van der Waals surface area contributed by atoms with Crippen LogP contribution in [-0.4, -0.2) is 42.3 Å². The Morgan fingerprint density at radius 3 is 2.78 bits per heavy atom. The van der Waals surface area contributed by atoms with Crippen molar-refractivity contribution >= 4 is 5.91 Å². The van der Waals surface area contributed by atoms with Crippen LogP contribution in [0.25, 0.3) is 0 Å². The van der Waals surface area contributed by atoms with Crippen LogP contribution in [0.4, 0.5) is 0 Å². The maximum Gasteiger partial charge on any atom is 0.228 e. The second kappa shape index (κ2) is 6.52. The van der Waals surface area contributed by atoms with Crippen LogP contribution in [0.15, 0.2) is 30.3 Å². The molecule has 1 aliphatic rings. The number of carbonyl (C=O) groups is 1. The van der Waals surface area contributed by atoms with Crippen molar-refractivity contribution in [2.24, 2.45) is 5.92 Å². The van der Waals surface area contributed by atoms with Crippen LogP contribution in [0, 0.1) is 5.92 Å². The van der Waals surface area contributed by atoms with Gasteiger partial charge in [-0.05, 0) is 12.0 Å². The SMILES string of the molecule is O=C(C1CCOC1)N(CCO)Cc1ccccc1. The third kappa shape index (κ3) is 3.31. The Kier molecular flexibility index (Phi) is 4.73. The molecule has 1 fully saturated rings. The highest BCUT2D eigenvalue weighted by molar-refractivity contribution is 5.79. The van der Waals surface area contributed by atoms with Crippen molar-refractivity contribution in [1.29, 1.82) is 0 Å². The van der Waals surface area contributed by atoms with E-state index in [2.05, 4.69) is 0 Å². The Morgan fingerprint density at radius 1 is 1.39 bits per heavy atom. The lowest BCUT2D eigenvalue weighted by Gasteiger charge is -2.24. The Hall–Kier alpha value is -1.39. The number of aliphatic hydroxyl groups excluding tert-OH is 1. The predicted molar refractivity (Wildman–Crippen MR) is 67.9 cm³/mol. The van der Waals surface area contributed by atoms with E-state index in [1.54, 1.807) is 4.90 Å². The fourth-order valence-corrected chi connectivity index (χ4v) is 2.18. The largest absolute Gasteiger partial charge is 0.395 e. The van der Waals surface area contributed by atoms with Crippen molar-refractivity contribution in [2.45, 2.75) is 13.0 Å². The number of rotatable bonds is 5. The minimum atomic E-state index is -0.0414. The highest BCUT2D eigenvalue weighted by Gasteiger charge is 2.27. The van der Waals surface area contributed by atoms with E-state index in [1.165, 1.54) is 0 Å². The first-order valence-corrected chi connectivity index (χ1v) is 6.32. The molecule has 1 amide bonds. The van der Waals surface area contributed by atoms with Gasteiger partial charge in [0.1, 0.15) is 0 Å². The van der Waals surface area contributed by atoms with E-state index >= 15 is 0 Å². The number of nitrogens with zero attached hydrogens (tertiary/aromatic N) is 1. The summed E-state index contributed by atoms with van der Waals surface area (Å²) in [4.78, 5) is 14.0. The van der Waals surface area contributed by atoms with E-state index < -0.39 is 0 Å². The molecule has 0 aromatic heterocycles. The zero-order chi connectivity index (χ0) is 12.8. The molecule has 4 heteroatoms. The van der Waals surface area contributed by atoms with Crippen molar-refractivity contribution in [3.63, 3.8) is 0 Å². The van der Waals surface area contributed by atoms with Crippen LogP contribution >= 0.6 is 0 Å². The molecule has 1 saturated heterocycles. The predicted octanol–water partition coefficient (Wildman–Crippen LogP) is 1.04. The van der Waals surface area contributed by atoms with E-state index in [0.717, 1.165) is 12.0 Å². The van der Waals surface area contributed by atoms with Gasteiger partial charge in [0.05, 0.1) is 19.1 Å². The zero-order valence-corrected chi connectivity index (χ0v) is 10.4. The van der Waals surface area contributed by atoms with E-state index in [0.29, 0.717) is 26.3 Å². The summed E-state index contributed by atoms with van der Waals surface area (Å²) in [5, 5.41) is 9.08. The summed E-state index contributed by atoms with van der Waals surface area (Å²) in [6.45, 7) is 2.09. The Morgan fingerprint density at radius 2 is 2.17 bits per heavy atom. The Bertz CT molecular complexity index is 374. The minimum absolute atomic E-state index is 0.00779. The summed E-state index contributed by atoms with van der Waals surface area (Å²) >= 11 is 0. The van der Waals surface area contributed by atoms with Crippen LogP contribution in [0.3, 0.4) is 0 Å². The molecule has 18 heavy (non-hydrogen) atoms. The lowest BCUT2D eigenvalue weighted by Crippen LogP contribution is -2.37. The standard InChI is InChI=1S/C14H19NO3/c16-8-7-15(10-12-4-2-1-3-5-12)14(17)13-6-9-18-11-13/h1-5,13,16H,6-11H2. The van der Waals surface area contributed by atoms with E-state index in [9.17, 15) is 4.79 Å². The molecule has 4 nitrogen and oxygen atoms in total. The number of amides is 1. The van der Waals surface area contributed by atoms with Crippen LogP contribution in [0.1, 0.15) is 12.0 Å². The smallest absolute Gasteiger partial charge is 0.228 e. The van der Waals surface area contributed by atoms with Crippen molar-refractivity contribution in [2.75, 3.05) is 26.4 Å². The quantitative estimate of drug-likeness (QED) is 0.848. The molecular weight excluding hydrogens is 230 g/mol. The number of benzene rings is 1. The number of ether oxygens (including phenoxy) is 1. The molecule has 1 aromatic carbocycles. The molecule has 1 aliphatic heterocycles. The van der Waals surface area contributed by atoms with Gasteiger partial charge in [0.15, 0.2) is 0 Å². The van der Waals surface area contributed by atoms with Gasteiger partial charge in [-0.1, -0.05) is 30.3 Å². The zero-order valence-electron chi connectivity index (χ0n) is 10.4. The van der Waals surface area contributed by atoms with Crippen LogP contribution in [-0.2, 0) is 16.1 Å². The van der Waals surface area contributed by atoms with Crippen molar-refractivity contribution in [3.05, 3.63) is 35.9 Å². The third-order valence-electron chi connectivity index (χ3n) is 3.18. The van der Waals surface area contributed by atoms with Gasteiger partial charge in [-0.2, -0.15) is 0 Å². The van der Waals surface area contributed by atoms with Gasteiger partial charge in [-0.25, -0.2) is 0 Å². The molecule has 0 saturated carbocycles. The minimum Gasteiger partial charge on any atom is -0.395 e. The summed E-state index contributed by atoms with van der Waals surface area (Å²) in [6.07, 6.45) is 0.787. The lowest BCUT2D eigenvalue weighted by molar-refractivity contribution is -0.136. The molecule has 1 unspecified atom stereocenters. The summed E-state index contributed by atoms with van der Waals surface area (Å²) < 4.78 is 5.25. The summed E-state index contributed by atoms with van der Waals surface area (Å²) in [5.74, 6) is 0.0469. The fraction of sp³-hybridized carbons (Fsp3) is 0.500. The van der Waals surface area contributed by atoms with Gasteiger partial charge in [0.25, 0.3) is 0 Å². The molecule has 1 aromatic rings. The maximum absolute atomic E-state index is 12.3. The first-order chi connectivity index (χ1) is 8.81. The van der Waals surface area contributed by atoms with E-state index in [4.69, 9.17) is 9.84 Å². The molecule has 0 radical (unpaired) electrons. The van der Waals surface area contributed by atoms with Gasteiger partial charge in [-0.3, -0.25) is 4.79 Å². The van der Waals surface area contributed by atoms with Gasteiger partial charge in [0.2, 0.25) is 5.91 Å². The number of hydrogen-bond acceptors (Lipinski definition) is 3. The summed E-state index contributed by atoms with van der Waals surface area (Å²) in [7, 11) is 0. The highest BCUT2D eigenvalue weighted by atomic mass is 16.5. The molecule has 0 aliphatic carbocycles. The van der Waals surface area contributed by atoms with E-state index in [1.807, 2.05) is 30.3 Å². The van der Waals surface area contributed by atoms with Crippen LogP contribution in [0.5, 0.6) is 0 Å². The molecule has 1 heterocycles. The topological polar surface area (TPSA) is 49.8 Å². The fourth-order valence-electron chi connectivity index (χ4n) is 2.18. The van der Waals surface area contributed by atoms with Crippen molar-refractivity contribution in [1.82, 2.24) is 4.90 Å². The average molecular weight is 249 g/mol. The van der Waals surface area contributed by atoms with Crippen LogP contribution < -0.4 is 0 Å². The number of hydrogen-bond donors (Lipinski definition) is 1. The molecule has 1 atom stereocenters. The highest BCUT2D eigenvalue weighted by Crippen LogP contribution is 2.17. The average Bonchev–Trinajstić information content (AvgIpc) is 2.92. The first-order valence-electron chi connectivity index (χ1n) is 6.32. The first kappa shape index (κ1) is 13.1. The summed E-state index contributed by atoms with van der Waals surface area (Å²) in [6, 6.07) is 9.84. The van der Waals surface area contributed by atoms with Gasteiger partial charge in [0, 0.05) is 19.7 Å². The second-order valence-electron chi connectivity index (χ2n) is 4.53.